The highest BCUT2D eigenvalue weighted by atomic mass is 16.5. The van der Waals surface area contributed by atoms with E-state index in [1.54, 1.807) is 7.11 Å². The van der Waals surface area contributed by atoms with Crippen molar-refractivity contribution in [3.8, 4) is 5.75 Å². The molecule has 0 aromatic heterocycles. The average molecular weight is 252 g/mol. The van der Waals surface area contributed by atoms with E-state index in [9.17, 15) is 4.79 Å². The number of benzene rings is 1. The number of hydrogen-bond acceptors (Lipinski definition) is 4. The summed E-state index contributed by atoms with van der Waals surface area (Å²) in [6.07, 6.45) is 0.592. The van der Waals surface area contributed by atoms with Crippen LogP contribution in [0, 0.1) is 12.8 Å². The molecule has 0 saturated carbocycles. The molecular weight excluding hydrogens is 232 g/mol. The maximum absolute atomic E-state index is 11.6. The second-order valence-corrected chi connectivity index (χ2v) is 4.08. The SMILES string of the molecule is COCCC(COc1ccccc1C)C(=O)OC. The molecule has 4 heteroatoms. The zero-order valence-electron chi connectivity index (χ0n) is 11.1. The summed E-state index contributed by atoms with van der Waals surface area (Å²) >= 11 is 0. The molecular formula is C14H20O4. The summed E-state index contributed by atoms with van der Waals surface area (Å²) in [5.74, 6) is 0.235. The molecule has 0 fully saturated rings. The maximum Gasteiger partial charge on any atom is 0.312 e. The van der Waals surface area contributed by atoms with E-state index in [2.05, 4.69) is 0 Å². The third-order valence-electron chi connectivity index (χ3n) is 2.74. The van der Waals surface area contributed by atoms with Gasteiger partial charge in [-0.2, -0.15) is 0 Å². The number of hydrogen-bond donors (Lipinski definition) is 0. The maximum atomic E-state index is 11.6. The molecule has 100 valence electrons. The molecule has 1 aromatic rings. The van der Waals surface area contributed by atoms with E-state index < -0.39 is 0 Å². The van der Waals surface area contributed by atoms with Gasteiger partial charge < -0.3 is 14.2 Å². The van der Waals surface area contributed by atoms with Gasteiger partial charge in [-0.3, -0.25) is 4.79 Å². The lowest BCUT2D eigenvalue weighted by Crippen LogP contribution is -2.24. The molecule has 0 aliphatic heterocycles. The van der Waals surface area contributed by atoms with Gasteiger partial charge >= 0.3 is 5.97 Å². The molecule has 0 amide bonds. The number of para-hydroxylation sites is 1. The van der Waals surface area contributed by atoms with Gasteiger partial charge in [0.2, 0.25) is 0 Å². The predicted octanol–water partition coefficient (Wildman–Crippen LogP) is 2.20. The highest BCUT2D eigenvalue weighted by Crippen LogP contribution is 2.18. The minimum Gasteiger partial charge on any atom is -0.492 e. The first-order valence-corrected chi connectivity index (χ1v) is 5.94. The van der Waals surface area contributed by atoms with E-state index in [0.717, 1.165) is 11.3 Å². The van der Waals surface area contributed by atoms with Crippen LogP contribution in [0.3, 0.4) is 0 Å². The summed E-state index contributed by atoms with van der Waals surface area (Å²) in [4.78, 5) is 11.6. The van der Waals surface area contributed by atoms with E-state index in [4.69, 9.17) is 14.2 Å². The van der Waals surface area contributed by atoms with E-state index >= 15 is 0 Å². The molecule has 0 aliphatic carbocycles. The number of rotatable bonds is 7. The molecule has 4 nitrogen and oxygen atoms in total. The fourth-order valence-electron chi connectivity index (χ4n) is 1.60. The fourth-order valence-corrected chi connectivity index (χ4v) is 1.60. The van der Waals surface area contributed by atoms with Crippen molar-refractivity contribution in [2.45, 2.75) is 13.3 Å². The Labute approximate surface area is 108 Å². The number of carbonyl (C=O) groups excluding carboxylic acids is 1. The number of ether oxygens (including phenoxy) is 3. The minimum atomic E-state index is -0.297. The third kappa shape index (κ3) is 4.37. The minimum absolute atomic E-state index is 0.263. The van der Waals surface area contributed by atoms with Crippen LogP contribution in [-0.2, 0) is 14.3 Å². The van der Waals surface area contributed by atoms with Crippen molar-refractivity contribution in [3.63, 3.8) is 0 Å². The van der Waals surface area contributed by atoms with Crippen molar-refractivity contribution in [2.75, 3.05) is 27.4 Å². The molecule has 1 unspecified atom stereocenters. The Morgan fingerprint density at radius 1 is 1.28 bits per heavy atom. The zero-order valence-corrected chi connectivity index (χ0v) is 11.1. The Morgan fingerprint density at radius 2 is 2.00 bits per heavy atom. The van der Waals surface area contributed by atoms with E-state index in [0.29, 0.717) is 19.6 Å². The Kier molecular flexibility index (Phi) is 6.22. The van der Waals surface area contributed by atoms with Gasteiger partial charge in [-0.1, -0.05) is 18.2 Å². The van der Waals surface area contributed by atoms with Crippen molar-refractivity contribution < 1.29 is 19.0 Å². The number of methoxy groups -OCH3 is 2. The van der Waals surface area contributed by atoms with Gasteiger partial charge in [0, 0.05) is 13.7 Å². The standard InChI is InChI=1S/C14H20O4/c1-11-6-4-5-7-13(11)18-10-12(8-9-16-2)14(15)17-3/h4-7,12H,8-10H2,1-3H3. The van der Waals surface area contributed by atoms with Crippen LogP contribution in [0.4, 0.5) is 0 Å². The molecule has 0 heterocycles. The van der Waals surface area contributed by atoms with Gasteiger partial charge in [-0.15, -0.1) is 0 Å². The Balaban J connectivity index is 2.56. The lowest BCUT2D eigenvalue weighted by Gasteiger charge is -2.16. The lowest BCUT2D eigenvalue weighted by atomic mass is 10.1. The summed E-state index contributed by atoms with van der Waals surface area (Å²) in [6.45, 7) is 2.79. The Morgan fingerprint density at radius 3 is 2.61 bits per heavy atom. The van der Waals surface area contributed by atoms with Crippen LogP contribution in [0.25, 0.3) is 0 Å². The van der Waals surface area contributed by atoms with E-state index in [1.165, 1.54) is 7.11 Å². The molecule has 1 rings (SSSR count). The largest absolute Gasteiger partial charge is 0.492 e. The first kappa shape index (κ1) is 14.5. The number of carbonyl (C=O) groups is 1. The lowest BCUT2D eigenvalue weighted by molar-refractivity contribution is -0.147. The predicted molar refractivity (Wildman–Crippen MR) is 68.7 cm³/mol. The summed E-state index contributed by atoms with van der Waals surface area (Å²) in [5, 5.41) is 0. The van der Waals surface area contributed by atoms with Crippen LogP contribution in [0.2, 0.25) is 0 Å². The van der Waals surface area contributed by atoms with Crippen molar-refractivity contribution in [3.05, 3.63) is 29.8 Å². The van der Waals surface area contributed by atoms with Crippen molar-refractivity contribution in [1.82, 2.24) is 0 Å². The van der Waals surface area contributed by atoms with Gasteiger partial charge in [0.15, 0.2) is 0 Å². The van der Waals surface area contributed by atoms with Crippen LogP contribution >= 0.6 is 0 Å². The van der Waals surface area contributed by atoms with Crippen LogP contribution in [0.1, 0.15) is 12.0 Å². The first-order chi connectivity index (χ1) is 8.69. The van der Waals surface area contributed by atoms with Gasteiger partial charge in [0.05, 0.1) is 13.0 Å². The molecule has 1 aromatic carbocycles. The quantitative estimate of drug-likeness (QED) is 0.698. The summed E-state index contributed by atoms with van der Waals surface area (Å²) < 4.78 is 15.4. The Hall–Kier alpha value is -1.55. The molecule has 0 N–H and O–H groups in total. The Bertz CT molecular complexity index is 376. The summed E-state index contributed by atoms with van der Waals surface area (Å²) in [6, 6.07) is 7.72. The molecule has 18 heavy (non-hydrogen) atoms. The van der Waals surface area contributed by atoms with Crippen molar-refractivity contribution in [2.24, 2.45) is 5.92 Å². The highest BCUT2D eigenvalue weighted by molar-refractivity contribution is 5.72. The molecule has 0 spiro atoms. The summed E-state index contributed by atoms with van der Waals surface area (Å²) in [7, 11) is 2.99. The average Bonchev–Trinajstić information content (AvgIpc) is 2.40. The number of esters is 1. The van der Waals surface area contributed by atoms with Crippen LogP contribution in [-0.4, -0.2) is 33.4 Å². The van der Waals surface area contributed by atoms with Crippen LogP contribution in [0.5, 0.6) is 5.75 Å². The number of aryl methyl sites for hydroxylation is 1. The topological polar surface area (TPSA) is 44.8 Å². The van der Waals surface area contributed by atoms with Gasteiger partial charge in [-0.05, 0) is 25.0 Å². The second-order valence-electron chi connectivity index (χ2n) is 4.08. The normalized spacial score (nSPS) is 11.9. The third-order valence-corrected chi connectivity index (χ3v) is 2.74. The van der Waals surface area contributed by atoms with E-state index in [1.807, 2.05) is 31.2 Å². The van der Waals surface area contributed by atoms with Crippen molar-refractivity contribution >= 4 is 5.97 Å². The van der Waals surface area contributed by atoms with Crippen LogP contribution in [0.15, 0.2) is 24.3 Å². The van der Waals surface area contributed by atoms with E-state index in [-0.39, 0.29) is 11.9 Å². The van der Waals surface area contributed by atoms with Gasteiger partial charge in [0.1, 0.15) is 12.4 Å². The first-order valence-electron chi connectivity index (χ1n) is 5.94. The molecule has 0 aliphatic rings. The fraction of sp³-hybridized carbons (Fsp3) is 0.500. The zero-order chi connectivity index (χ0) is 13.4. The van der Waals surface area contributed by atoms with Crippen molar-refractivity contribution in [1.29, 1.82) is 0 Å². The smallest absolute Gasteiger partial charge is 0.312 e. The molecule has 0 bridgehead atoms. The second kappa shape index (κ2) is 7.71. The van der Waals surface area contributed by atoms with Gasteiger partial charge in [-0.25, -0.2) is 0 Å². The van der Waals surface area contributed by atoms with Crippen LogP contribution < -0.4 is 4.74 Å². The highest BCUT2D eigenvalue weighted by Gasteiger charge is 2.20. The monoisotopic (exact) mass is 252 g/mol. The molecule has 1 atom stereocenters. The molecule has 0 radical (unpaired) electrons. The molecule has 0 saturated heterocycles. The van der Waals surface area contributed by atoms with Gasteiger partial charge in [0.25, 0.3) is 0 Å². The summed E-state index contributed by atoms with van der Waals surface area (Å²) in [5.41, 5.74) is 1.05.